The van der Waals surface area contributed by atoms with Gasteiger partial charge in [-0.2, -0.15) is 0 Å². The summed E-state index contributed by atoms with van der Waals surface area (Å²) in [6, 6.07) is 13.7. The molecule has 4 heteroatoms. The molecule has 0 saturated carbocycles. The van der Waals surface area contributed by atoms with Gasteiger partial charge in [0.15, 0.2) is 11.5 Å². The van der Waals surface area contributed by atoms with Crippen LogP contribution in [0, 0.1) is 0 Å². The molecule has 112 valence electrons. The van der Waals surface area contributed by atoms with Crippen LogP contribution in [0.3, 0.4) is 0 Å². The quantitative estimate of drug-likeness (QED) is 0.851. The van der Waals surface area contributed by atoms with Gasteiger partial charge in [-0.25, -0.2) is 0 Å². The Balaban J connectivity index is 1.93. The van der Waals surface area contributed by atoms with Gasteiger partial charge in [0.05, 0.1) is 20.8 Å². The standard InChI is InChI=1S/C17H21NO3/c1-19-15-6-3-13(4-7-15)9-10-21-16-8-5-14(12-18)11-17(16)20-2/h3-8,11H,9-10,12,18H2,1-2H3. The van der Waals surface area contributed by atoms with Gasteiger partial charge in [0, 0.05) is 13.0 Å². The van der Waals surface area contributed by atoms with Crippen LogP contribution in [-0.4, -0.2) is 20.8 Å². The van der Waals surface area contributed by atoms with Crippen LogP contribution in [0.15, 0.2) is 42.5 Å². The highest BCUT2D eigenvalue weighted by Crippen LogP contribution is 2.28. The second-order valence-electron chi connectivity index (χ2n) is 4.64. The zero-order valence-electron chi connectivity index (χ0n) is 12.5. The first kappa shape index (κ1) is 15.2. The minimum Gasteiger partial charge on any atom is -0.497 e. The van der Waals surface area contributed by atoms with E-state index in [0.717, 1.165) is 23.5 Å². The number of hydrogen-bond acceptors (Lipinski definition) is 4. The predicted octanol–water partition coefficient (Wildman–Crippen LogP) is 2.78. The highest BCUT2D eigenvalue weighted by atomic mass is 16.5. The average Bonchev–Trinajstić information content (AvgIpc) is 2.55. The van der Waals surface area contributed by atoms with E-state index in [4.69, 9.17) is 19.9 Å². The fraction of sp³-hybridized carbons (Fsp3) is 0.294. The Morgan fingerprint density at radius 3 is 2.19 bits per heavy atom. The third-order valence-electron chi connectivity index (χ3n) is 3.27. The zero-order valence-corrected chi connectivity index (χ0v) is 12.5. The first-order valence-electron chi connectivity index (χ1n) is 6.89. The van der Waals surface area contributed by atoms with Crippen molar-refractivity contribution >= 4 is 0 Å². The average molecular weight is 287 g/mol. The summed E-state index contributed by atoms with van der Waals surface area (Å²) in [6.45, 7) is 1.08. The molecular weight excluding hydrogens is 266 g/mol. The fourth-order valence-corrected chi connectivity index (χ4v) is 2.03. The molecule has 2 rings (SSSR count). The van der Waals surface area contributed by atoms with Crippen LogP contribution in [0.5, 0.6) is 17.2 Å². The lowest BCUT2D eigenvalue weighted by molar-refractivity contribution is 0.297. The van der Waals surface area contributed by atoms with Crippen LogP contribution < -0.4 is 19.9 Å². The Labute approximate surface area is 125 Å². The molecule has 0 heterocycles. The maximum atomic E-state index is 5.79. The van der Waals surface area contributed by atoms with Crippen molar-refractivity contribution in [1.29, 1.82) is 0 Å². The smallest absolute Gasteiger partial charge is 0.161 e. The van der Waals surface area contributed by atoms with E-state index in [9.17, 15) is 0 Å². The zero-order chi connectivity index (χ0) is 15.1. The van der Waals surface area contributed by atoms with Gasteiger partial charge >= 0.3 is 0 Å². The topological polar surface area (TPSA) is 53.7 Å². The van der Waals surface area contributed by atoms with Crippen LogP contribution in [0.4, 0.5) is 0 Å². The molecule has 0 saturated heterocycles. The number of methoxy groups -OCH3 is 2. The summed E-state index contributed by atoms with van der Waals surface area (Å²) < 4.78 is 16.3. The monoisotopic (exact) mass is 287 g/mol. The van der Waals surface area contributed by atoms with E-state index in [0.29, 0.717) is 18.9 Å². The molecule has 0 radical (unpaired) electrons. The summed E-state index contributed by atoms with van der Waals surface area (Å²) >= 11 is 0. The maximum absolute atomic E-state index is 5.79. The van der Waals surface area contributed by atoms with Crippen molar-refractivity contribution in [2.45, 2.75) is 13.0 Å². The van der Waals surface area contributed by atoms with Crippen molar-refractivity contribution < 1.29 is 14.2 Å². The number of rotatable bonds is 7. The lowest BCUT2D eigenvalue weighted by Gasteiger charge is -2.12. The van der Waals surface area contributed by atoms with Gasteiger partial charge in [0.1, 0.15) is 5.75 Å². The Kier molecular flexibility index (Phi) is 5.46. The van der Waals surface area contributed by atoms with E-state index in [1.54, 1.807) is 14.2 Å². The van der Waals surface area contributed by atoms with E-state index in [2.05, 4.69) is 0 Å². The molecule has 0 aliphatic carbocycles. The molecule has 21 heavy (non-hydrogen) atoms. The van der Waals surface area contributed by atoms with E-state index in [1.807, 2.05) is 42.5 Å². The molecule has 4 nitrogen and oxygen atoms in total. The molecule has 0 spiro atoms. The summed E-state index contributed by atoms with van der Waals surface area (Å²) in [5.74, 6) is 2.31. The molecule has 0 atom stereocenters. The number of hydrogen-bond donors (Lipinski definition) is 1. The molecule has 2 aromatic rings. The van der Waals surface area contributed by atoms with Gasteiger partial charge in [-0.3, -0.25) is 0 Å². The predicted molar refractivity (Wildman–Crippen MR) is 83.1 cm³/mol. The Morgan fingerprint density at radius 1 is 0.857 bits per heavy atom. The van der Waals surface area contributed by atoms with Crippen molar-refractivity contribution in [3.63, 3.8) is 0 Å². The minimum absolute atomic E-state index is 0.489. The highest BCUT2D eigenvalue weighted by molar-refractivity contribution is 5.43. The second-order valence-corrected chi connectivity index (χ2v) is 4.64. The van der Waals surface area contributed by atoms with Gasteiger partial charge in [-0.05, 0) is 35.4 Å². The lowest BCUT2D eigenvalue weighted by Crippen LogP contribution is -2.04. The van der Waals surface area contributed by atoms with Gasteiger partial charge < -0.3 is 19.9 Å². The van der Waals surface area contributed by atoms with Crippen molar-refractivity contribution in [3.8, 4) is 17.2 Å². The summed E-state index contributed by atoms with van der Waals surface area (Å²) in [4.78, 5) is 0. The normalized spacial score (nSPS) is 10.2. The summed E-state index contributed by atoms with van der Waals surface area (Å²) in [5.41, 5.74) is 7.84. The SMILES string of the molecule is COc1ccc(CCOc2ccc(CN)cc2OC)cc1. The minimum atomic E-state index is 0.489. The van der Waals surface area contributed by atoms with Gasteiger partial charge in [-0.15, -0.1) is 0 Å². The number of benzene rings is 2. The van der Waals surface area contributed by atoms with Crippen molar-refractivity contribution in [2.75, 3.05) is 20.8 Å². The van der Waals surface area contributed by atoms with Crippen LogP contribution in [0.25, 0.3) is 0 Å². The molecule has 0 unspecified atom stereocenters. The summed E-state index contributed by atoms with van der Waals surface area (Å²) in [6.07, 6.45) is 0.825. The number of ether oxygens (including phenoxy) is 3. The van der Waals surface area contributed by atoms with Crippen LogP contribution in [-0.2, 0) is 13.0 Å². The largest absolute Gasteiger partial charge is 0.497 e. The van der Waals surface area contributed by atoms with Crippen LogP contribution >= 0.6 is 0 Å². The third-order valence-corrected chi connectivity index (χ3v) is 3.27. The molecule has 0 aliphatic heterocycles. The van der Waals surface area contributed by atoms with E-state index in [1.165, 1.54) is 5.56 Å². The summed E-state index contributed by atoms with van der Waals surface area (Å²) in [5, 5.41) is 0. The van der Waals surface area contributed by atoms with Crippen LogP contribution in [0.2, 0.25) is 0 Å². The first-order valence-corrected chi connectivity index (χ1v) is 6.89. The van der Waals surface area contributed by atoms with E-state index in [-0.39, 0.29) is 0 Å². The van der Waals surface area contributed by atoms with Crippen molar-refractivity contribution in [1.82, 2.24) is 0 Å². The molecule has 2 N–H and O–H groups in total. The summed E-state index contributed by atoms with van der Waals surface area (Å²) in [7, 11) is 3.29. The maximum Gasteiger partial charge on any atom is 0.161 e. The van der Waals surface area contributed by atoms with Gasteiger partial charge in [0.25, 0.3) is 0 Å². The van der Waals surface area contributed by atoms with Crippen molar-refractivity contribution in [2.24, 2.45) is 5.73 Å². The molecule has 0 bridgehead atoms. The van der Waals surface area contributed by atoms with Crippen molar-refractivity contribution in [3.05, 3.63) is 53.6 Å². The van der Waals surface area contributed by atoms with E-state index >= 15 is 0 Å². The second kappa shape index (κ2) is 7.55. The molecule has 0 aromatic heterocycles. The van der Waals surface area contributed by atoms with E-state index < -0.39 is 0 Å². The lowest BCUT2D eigenvalue weighted by atomic mass is 10.1. The highest BCUT2D eigenvalue weighted by Gasteiger charge is 2.05. The van der Waals surface area contributed by atoms with Gasteiger partial charge in [0.2, 0.25) is 0 Å². The molecule has 0 aliphatic rings. The molecular formula is C17H21NO3. The Bertz CT molecular complexity index is 567. The Hall–Kier alpha value is -2.20. The molecule has 0 amide bonds. The first-order chi connectivity index (χ1) is 10.3. The van der Waals surface area contributed by atoms with Crippen LogP contribution in [0.1, 0.15) is 11.1 Å². The molecule has 0 fully saturated rings. The third kappa shape index (κ3) is 4.13. The fourth-order valence-electron chi connectivity index (χ4n) is 2.03. The van der Waals surface area contributed by atoms with Gasteiger partial charge in [-0.1, -0.05) is 18.2 Å². The number of nitrogens with two attached hydrogens (primary N) is 1. The molecule has 2 aromatic carbocycles. The Morgan fingerprint density at radius 2 is 1.57 bits per heavy atom.